The van der Waals surface area contributed by atoms with E-state index in [0.29, 0.717) is 0 Å². The van der Waals surface area contributed by atoms with Crippen molar-refractivity contribution in [2.75, 3.05) is 91.4 Å². The number of nitrogens with one attached hydrogen (secondary N) is 1. The molecule has 0 unspecified atom stereocenters. The van der Waals surface area contributed by atoms with E-state index in [4.69, 9.17) is 0 Å². The van der Waals surface area contributed by atoms with E-state index in [-0.39, 0.29) is 0 Å². The highest BCUT2D eigenvalue weighted by Gasteiger charge is 2.27. The van der Waals surface area contributed by atoms with Crippen LogP contribution in [0.1, 0.15) is 237 Å². The summed E-state index contributed by atoms with van der Waals surface area (Å²) in [5.74, 6) is -1.45. The summed E-state index contributed by atoms with van der Waals surface area (Å²) in [6.07, 6.45) is 32.3. The van der Waals surface area contributed by atoms with Gasteiger partial charge >= 0.3 is 0 Å². The number of carbonyl (C=O) groups excluding carboxylic acids is 1. The second kappa shape index (κ2) is 47.4. The highest BCUT2D eigenvalue weighted by Crippen LogP contribution is 2.20. The van der Waals surface area contributed by atoms with Gasteiger partial charge in [0.2, 0.25) is 0 Å². The van der Waals surface area contributed by atoms with Gasteiger partial charge < -0.3 is 43.0 Å². The van der Waals surface area contributed by atoms with E-state index in [0.717, 1.165) is 0 Å². The fraction of sp³-hybridized carbons (Fsp3) is 0.980. The second-order valence-corrected chi connectivity index (χ2v) is 20.1. The molecular formula is C51H113N4O5P. The van der Waals surface area contributed by atoms with Crippen molar-refractivity contribution < 1.29 is 37.7 Å². The molecule has 0 aliphatic heterocycles. The lowest BCUT2D eigenvalue weighted by Gasteiger charge is -2.39. The lowest BCUT2D eigenvalue weighted by atomic mass is 10.1. The van der Waals surface area contributed by atoms with Gasteiger partial charge in [-0.1, -0.05) is 168 Å². The normalized spacial score (nSPS) is 11.9. The van der Waals surface area contributed by atoms with E-state index in [1.54, 1.807) is 0 Å². The molecule has 0 aromatic carbocycles. The minimum atomic E-state index is -4.62. The molecule has 0 rings (SSSR count). The minimum absolute atomic E-state index is 0.630. The Morgan fingerprint density at radius 2 is 0.508 bits per heavy atom. The van der Waals surface area contributed by atoms with Gasteiger partial charge in [-0.05, 0) is 77.0 Å². The quantitative estimate of drug-likeness (QED) is 0.0484. The molecule has 0 aromatic rings. The zero-order valence-corrected chi connectivity index (χ0v) is 44.6. The molecule has 0 bridgehead atoms. The van der Waals surface area contributed by atoms with Crippen molar-refractivity contribution in [1.82, 2.24) is 5.32 Å². The molecule has 61 heavy (non-hydrogen) atoms. The third-order valence-corrected chi connectivity index (χ3v) is 13.0. The molecule has 0 amide bonds. The average molecular weight is 893 g/mol. The summed E-state index contributed by atoms with van der Waals surface area (Å²) < 4.78 is 14.1. The van der Waals surface area contributed by atoms with Crippen LogP contribution in [-0.2, 0) is 9.36 Å². The summed E-state index contributed by atoms with van der Waals surface area (Å²) in [5.41, 5.74) is 0. The Bertz CT molecular complexity index is 736. The number of aliphatic carboxylic acids is 1. The summed E-state index contributed by atoms with van der Waals surface area (Å²) in [6.45, 7) is 44.4. The number of carbonyl (C=O) groups is 1. The molecule has 0 radical (unpaired) electrons. The Balaban J connectivity index is -0.000000361. The number of carboxylic acids is 1. The van der Waals surface area contributed by atoms with Gasteiger partial charge in [-0.2, -0.15) is 0 Å². The Kier molecular flexibility index (Phi) is 52.1. The summed E-state index contributed by atoms with van der Waals surface area (Å²) in [7, 11) is -4.62. The highest BCUT2D eigenvalue weighted by atomic mass is 31.2. The average Bonchev–Trinajstić information content (AvgIpc) is 3.25. The van der Waals surface area contributed by atoms with Gasteiger partial charge in [0.1, 0.15) is 0 Å². The molecule has 10 heteroatoms. The molecule has 9 nitrogen and oxygen atoms in total. The molecule has 0 spiro atoms. The van der Waals surface area contributed by atoms with E-state index in [1.807, 2.05) is 5.32 Å². The molecule has 0 saturated carbocycles. The monoisotopic (exact) mass is 893 g/mol. The molecule has 0 atom stereocenters. The van der Waals surface area contributed by atoms with Crippen molar-refractivity contribution in [2.24, 2.45) is 0 Å². The molecule has 0 aromatic heterocycles. The molecule has 0 heterocycles. The maximum absolute atomic E-state index is 9.81. The predicted molar refractivity (Wildman–Crippen MR) is 264 cm³/mol. The number of carboxylic acid groups (broad SMARTS) is 1. The fourth-order valence-corrected chi connectivity index (χ4v) is 8.62. The van der Waals surface area contributed by atoms with E-state index in [1.165, 1.54) is 246 Å². The van der Waals surface area contributed by atoms with Crippen LogP contribution in [0.5, 0.6) is 0 Å². The molecule has 0 saturated heterocycles. The first-order valence-corrected chi connectivity index (χ1v) is 28.3. The van der Waals surface area contributed by atoms with Gasteiger partial charge in [0.15, 0.2) is 0 Å². The van der Waals surface area contributed by atoms with Gasteiger partial charge in [-0.15, -0.1) is 0 Å². The van der Waals surface area contributed by atoms with E-state index in [9.17, 15) is 24.3 Å². The first-order valence-electron chi connectivity index (χ1n) is 26.6. The van der Waals surface area contributed by atoms with Crippen LogP contribution in [0, 0.1) is 0 Å². The Morgan fingerprint density at radius 3 is 0.607 bits per heavy atom. The van der Waals surface area contributed by atoms with E-state index < -0.39 is 26.4 Å². The van der Waals surface area contributed by atoms with Crippen LogP contribution in [0.3, 0.4) is 0 Å². The summed E-state index contributed by atoms with van der Waals surface area (Å²) in [4.78, 5) is 29.2. The van der Waals surface area contributed by atoms with Gasteiger partial charge in [0, 0.05) is 12.8 Å². The van der Waals surface area contributed by atoms with Crippen LogP contribution in [0.2, 0.25) is 0 Å². The van der Waals surface area contributed by atoms with Gasteiger partial charge in [-0.3, -0.25) is 0 Å². The zero-order chi connectivity index (χ0) is 47.2. The standard InChI is InChI=1S/3C16H36N.C3H8NO5P/c3*1-5-9-13-17(14-10-6-2,15-11-7-3)16-12-8-4;5-3(6)1-4-2-10(7,8)9/h3*5-16H2,1-4H3;4H,1-2H2,(H,5,6)(H2,7,8,9)/q3*+1;/p-3. The first-order chi connectivity index (χ1) is 29.1. The first kappa shape index (κ1) is 67.1. The Hall–Kier alpha value is -0.540. The van der Waals surface area contributed by atoms with Crippen LogP contribution >= 0.6 is 7.60 Å². The molecule has 0 aliphatic carbocycles. The highest BCUT2D eigenvalue weighted by molar-refractivity contribution is 7.48. The number of unbranched alkanes of at least 4 members (excludes halogenated alkanes) is 12. The molecule has 372 valence electrons. The van der Waals surface area contributed by atoms with Crippen molar-refractivity contribution in [3.63, 3.8) is 0 Å². The lowest BCUT2D eigenvalue weighted by Crippen LogP contribution is -2.50. The van der Waals surface area contributed by atoms with Crippen molar-refractivity contribution in [1.29, 1.82) is 0 Å². The van der Waals surface area contributed by atoms with Crippen molar-refractivity contribution in [3.8, 4) is 0 Å². The topological polar surface area (TPSA) is 115 Å². The molecule has 0 aliphatic rings. The van der Waals surface area contributed by atoms with Crippen LogP contribution in [-0.4, -0.2) is 111 Å². The van der Waals surface area contributed by atoms with Crippen LogP contribution in [0.25, 0.3) is 0 Å². The summed E-state index contributed by atoms with van der Waals surface area (Å²) in [6, 6.07) is 0. The van der Waals surface area contributed by atoms with E-state index >= 15 is 0 Å². The largest absolute Gasteiger partial charge is 0.810 e. The Morgan fingerprint density at radius 1 is 0.361 bits per heavy atom. The van der Waals surface area contributed by atoms with Crippen LogP contribution < -0.4 is 20.2 Å². The number of hydrogen-bond acceptors (Lipinski definition) is 6. The van der Waals surface area contributed by atoms with Gasteiger partial charge in [-0.25, -0.2) is 0 Å². The fourth-order valence-electron chi connectivity index (χ4n) is 8.23. The van der Waals surface area contributed by atoms with Crippen molar-refractivity contribution >= 4 is 13.6 Å². The number of quaternary nitrogens is 3. The lowest BCUT2D eigenvalue weighted by molar-refractivity contribution is -0.929. The molecular weight excluding hydrogens is 780 g/mol. The number of nitrogens with zero attached hydrogens (tertiary/aromatic N) is 3. The maximum Gasteiger partial charge on any atom is 0.0786 e. The van der Waals surface area contributed by atoms with Crippen molar-refractivity contribution in [3.05, 3.63) is 0 Å². The van der Waals surface area contributed by atoms with Gasteiger partial charge in [0.05, 0.1) is 84.5 Å². The summed E-state index contributed by atoms with van der Waals surface area (Å²) in [5, 5.41) is 11.5. The maximum atomic E-state index is 9.81. The molecule has 0 fully saturated rings. The zero-order valence-electron chi connectivity index (χ0n) is 43.7. The summed E-state index contributed by atoms with van der Waals surface area (Å²) >= 11 is 0. The van der Waals surface area contributed by atoms with Crippen LogP contribution in [0.15, 0.2) is 0 Å². The smallest absolute Gasteiger partial charge is 0.0786 e. The minimum Gasteiger partial charge on any atom is -0.810 e. The Labute approximate surface area is 383 Å². The number of hydrogen-bond donors (Lipinski definition) is 1. The second-order valence-electron chi connectivity index (χ2n) is 18.5. The van der Waals surface area contributed by atoms with E-state index in [2.05, 4.69) is 83.1 Å². The van der Waals surface area contributed by atoms with Crippen LogP contribution in [0.4, 0.5) is 0 Å². The third kappa shape index (κ3) is 44.4. The molecule has 1 N–H and O–H groups in total. The predicted octanol–water partition coefficient (Wildman–Crippen LogP) is 11.2. The van der Waals surface area contributed by atoms with Gasteiger partial charge in [0.25, 0.3) is 0 Å². The number of rotatable bonds is 40. The van der Waals surface area contributed by atoms with Crippen molar-refractivity contribution in [2.45, 2.75) is 237 Å². The SMILES string of the molecule is CCCC[N+](CCCC)(CCCC)CCCC.CCCC[N+](CCCC)(CCCC)CCCC.CCCC[N+](CCCC)(CCCC)CCCC.O=C([O-])CNCP(=O)([O-])[O-]. The third-order valence-electron chi connectivity index (χ3n) is 12.4.